The molecule has 3 unspecified atom stereocenters. The van der Waals surface area contributed by atoms with Gasteiger partial charge in [0.2, 0.25) is 0 Å². The van der Waals surface area contributed by atoms with Gasteiger partial charge in [0.15, 0.2) is 0 Å². The summed E-state index contributed by atoms with van der Waals surface area (Å²) in [5.74, 6) is 1.44. The van der Waals surface area contributed by atoms with Gasteiger partial charge in [-0.3, -0.25) is 4.90 Å². The first-order valence-electron chi connectivity index (χ1n) is 9.23. The lowest BCUT2D eigenvalue weighted by molar-refractivity contribution is -0.0369. The van der Waals surface area contributed by atoms with Crippen LogP contribution in [0.5, 0.6) is 0 Å². The smallest absolute Gasteiger partial charge is 0.0695 e. The summed E-state index contributed by atoms with van der Waals surface area (Å²) in [6.07, 6.45) is 8.72. The Morgan fingerprint density at radius 2 is 1.67 bits per heavy atom. The van der Waals surface area contributed by atoms with E-state index in [4.69, 9.17) is 0 Å². The van der Waals surface area contributed by atoms with Crippen LogP contribution in [0.1, 0.15) is 79.6 Å². The van der Waals surface area contributed by atoms with Crippen molar-refractivity contribution in [1.29, 1.82) is 0 Å². The van der Waals surface area contributed by atoms with Gasteiger partial charge in [-0.25, -0.2) is 0 Å². The van der Waals surface area contributed by atoms with Crippen LogP contribution in [0.3, 0.4) is 0 Å². The van der Waals surface area contributed by atoms with Crippen LogP contribution >= 0.6 is 0 Å². The van der Waals surface area contributed by atoms with E-state index in [2.05, 4.69) is 39.5 Å². The normalized spacial score (nSPS) is 32.3. The number of nitrogens with zero attached hydrogens (tertiary/aromatic N) is 1. The summed E-state index contributed by atoms with van der Waals surface area (Å²) in [5, 5.41) is 10.7. The van der Waals surface area contributed by atoms with Crippen LogP contribution in [-0.4, -0.2) is 34.7 Å². The van der Waals surface area contributed by atoms with Crippen molar-refractivity contribution in [2.75, 3.05) is 6.54 Å². The number of aliphatic hydroxyl groups is 1. The third-order valence-electron chi connectivity index (χ3n) is 5.80. The monoisotopic (exact) mass is 295 g/mol. The van der Waals surface area contributed by atoms with Crippen molar-refractivity contribution in [2.24, 2.45) is 17.3 Å². The molecule has 2 nitrogen and oxygen atoms in total. The van der Waals surface area contributed by atoms with Crippen molar-refractivity contribution in [1.82, 2.24) is 4.90 Å². The van der Waals surface area contributed by atoms with Gasteiger partial charge >= 0.3 is 0 Å². The Bertz CT molecular complexity index is 314. The molecule has 2 aliphatic carbocycles. The molecule has 1 N–H and O–H groups in total. The van der Waals surface area contributed by atoms with Crippen molar-refractivity contribution in [3.63, 3.8) is 0 Å². The van der Waals surface area contributed by atoms with Crippen LogP contribution in [-0.2, 0) is 0 Å². The number of aliphatic hydroxyl groups excluding tert-OH is 1. The Balaban J connectivity index is 2.11. The molecular weight excluding hydrogens is 258 g/mol. The average Bonchev–Trinajstić information content (AvgIpc) is 2.88. The predicted octanol–water partition coefficient (Wildman–Crippen LogP) is 4.46. The molecule has 0 amide bonds. The largest absolute Gasteiger partial charge is 0.391 e. The highest BCUT2D eigenvalue weighted by molar-refractivity contribution is 4.94. The first kappa shape index (κ1) is 17.3. The van der Waals surface area contributed by atoms with Gasteiger partial charge in [0.25, 0.3) is 0 Å². The molecule has 2 saturated carbocycles. The van der Waals surface area contributed by atoms with Gasteiger partial charge in [-0.2, -0.15) is 0 Å². The molecule has 2 heteroatoms. The van der Waals surface area contributed by atoms with E-state index in [0.29, 0.717) is 17.4 Å². The van der Waals surface area contributed by atoms with E-state index < -0.39 is 0 Å². The second kappa shape index (κ2) is 7.00. The molecule has 0 saturated heterocycles. The van der Waals surface area contributed by atoms with Crippen LogP contribution in [0.2, 0.25) is 0 Å². The molecule has 0 bridgehead atoms. The molecule has 0 aromatic heterocycles. The zero-order valence-electron chi connectivity index (χ0n) is 14.9. The fourth-order valence-electron chi connectivity index (χ4n) is 4.49. The Morgan fingerprint density at radius 3 is 2.19 bits per heavy atom. The summed E-state index contributed by atoms with van der Waals surface area (Å²) in [7, 11) is 0. The molecule has 0 radical (unpaired) electrons. The molecule has 0 aliphatic heterocycles. The number of rotatable bonds is 4. The minimum Gasteiger partial charge on any atom is -0.391 e. The summed E-state index contributed by atoms with van der Waals surface area (Å²) in [6, 6.07) is 1.12. The van der Waals surface area contributed by atoms with E-state index in [1.165, 1.54) is 38.5 Å². The summed E-state index contributed by atoms with van der Waals surface area (Å²) in [6.45, 7) is 12.9. The highest BCUT2D eigenvalue weighted by atomic mass is 16.3. The van der Waals surface area contributed by atoms with E-state index in [1.54, 1.807) is 0 Å². The molecular formula is C19H37NO. The Hall–Kier alpha value is -0.0800. The first-order chi connectivity index (χ1) is 9.79. The van der Waals surface area contributed by atoms with Crippen LogP contribution in [0.4, 0.5) is 0 Å². The zero-order valence-corrected chi connectivity index (χ0v) is 14.9. The minimum absolute atomic E-state index is 0.108. The van der Waals surface area contributed by atoms with Gasteiger partial charge in [0.05, 0.1) is 6.10 Å². The lowest BCUT2D eigenvalue weighted by atomic mass is 9.69. The molecule has 0 spiro atoms. The third kappa shape index (κ3) is 4.45. The molecule has 124 valence electrons. The van der Waals surface area contributed by atoms with Gasteiger partial charge in [-0.1, -0.05) is 47.5 Å². The van der Waals surface area contributed by atoms with E-state index in [-0.39, 0.29) is 6.10 Å². The lowest BCUT2D eigenvalue weighted by Gasteiger charge is -2.47. The van der Waals surface area contributed by atoms with Crippen LogP contribution < -0.4 is 0 Å². The fraction of sp³-hybridized carbons (Fsp3) is 1.00. The van der Waals surface area contributed by atoms with E-state index in [1.807, 2.05) is 0 Å². The molecule has 0 aromatic rings. The second-order valence-electron chi connectivity index (χ2n) is 9.04. The van der Waals surface area contributed by atoms with Gasteiger partial charge in [0, 0.05) is 18.6 Å². The van der Waals surface area contributed by atoms with Crippen molar-refractivity contribution >= 4 is 0 Å². The van der Waals surface area contributed by atoms with Gasteiger partial charge in [0.1, 0.15) is 0 Å². The summed E-state index contributed by atoms with van der Waals surface area (Å²) >= 11 is 0. The quantitative estimate of drug-likeness (QED) is 0.827. The third-order valence-corrected chi connectivity index (χ3v) is 5.80. The molecule has 3 atom stereocenters. The Morgan fingerprint density at radius 1 is 1.05 bits per heavy atom. The average molecular weight is 296 g/mol. The van der Waals surface area contributed by atoms with Crippen molar-refractivity contribution in [2.45, 2.75) is 97.8 Å². The summed E-state index contributed by atoms with van der Waals surface area (Å²) in [4.78, 5) is 2.71. The lowest BCUT2D eigenvalue weighted by Crippen LogP contribution is -2.53. The van der Waals surface area contributed by atoms with E-state index in [0.717, 1.165) is 24.9 Å². The second-order valence-corrected chi connectivity index (χ2v) is 9.04. The molecule has 0 aromatic carbocycles. The van der Waals surface area contributed by atoms with Crippen LogP contribution in [0, 0.1) is 17.3 Å². The maximum Gasteiger partial charge on any atom is 0.0695 e. The molecule has 21 heavy (non-hydrogen) atoms. The molecule has 2 fully saturated rings. The van der Waals surface area contributed by atoms with Gasteiger partial charge in [-0.15, -0.1) is 0 Å². The Labute approximate surface area is 132 Å². The topological polar surface area (TPSA) is 23.5 Å². The van der Waals surface area contributed by atoms with E-state index >= 15 is 0 Å². The minimum atomic E-state index is -0.108. The maximum absolute atomic E-state index is 10.7. The van der Waals surface area contributed by atoms with Crippen molar-refractivity contribution < 1.29 is 5.11 Å². The summed E-state index contributed by atoms with van der Waals surface area (Å²) in [5.41, 5.74) is 0.373. The highest BCUT2D eigenvalue weighted by Gasteiger charge is 2.40. The first-order valence-corrected chi connectivity index (χ1v) is 9.23. The molecule has 0 heterocycles. The predicted molar refractivity (Wildman–Crippen MR) is 90.4 cm³/mol. The Kier molecular flexibility index (Phi) is 5.76. The standard InChI is InChI=1S/C19H37NO/c1-14(2)13-20(16-8-6-7-9-16)17-12-15(19(3,4)5)10-11-18(17)21/h14-18,21H,6-13H2,1-5H3. The van der Waals surface area contributed by atoms with E-state index in [9.17, 15) is 5.11 Å². The zero-order chi connectivity index (χ0) is 15.6. The van der Waals surface area contributed by atoms with Gasteiger partial charge in [-0.05, 0) is 49.4 Å². The van der Waals surface area contributed by atoms with Crippen LogP contribution in [0.25, 0.3) is 0 Å². The molecule has 2 rings (SSSR count). The fourth-order valence-corrected chi connectivity index (χ4v) is 4.49. The summed E-state index contributed by atoms with van der Waals surface area (Å²) < 4.78 is 0. The maximum atomic E-state index is 10.7. The molecule has 2 aliphatic rings. The number of hydrogen-bond acceptors (Lipinski definition) is 2. The van der Waals surface area contributed by atoms with Gasteiger partial charge < -0.3 is 5.11 Å². The van der Waals surface area contributed by atoms with Crippen molar-refractivity contribution in [3.8, 4) is 0 Å². The number of hydrogen-bond donors (Lipinski definition) is 1. The highest BCUT2D eigenvalue weighted by Crippen LogP contribution is 2.41. The van der Waals surface area contributed by atoms with Crippen molar-refractivity contribution in [3.05, 3.63) is 0 Å². The SMILES string of the molecule is CC(C)CN(C1CCCC1)C1CC(C(C)(C)C)CCC1O. The van der Waals surface area contributed by atoms with Crippen LogP contribution in [0.15, 0.2) is 0 Å².